The summed E-state index contributed by atoms with van der Waals surface area (Å²) >= 11 is 0. The molecule has 4 heterocycles. The van der Waals surface area contributed by atoms with Crippen molar-refractivity contribution >= 4 is 41.5 Å². The van der Waals surface area contributed by atoms with Gasteiger partial charge in [0.25, 0.3) is 0 Å². The number of rotatable bonds is 6. The topological polar surface area (TPSA) is 127 Å². The molecule has 39 heavy (non-hydrogen) atoms. The molecule has 2 fully saturated rings. The van der Waals surface area contributed by atoms with E-state index in [9.17, 15) is 9.90 Å². The van der Waals surface area contributed by atoms with E-state index in [1.807, 2.05) is 13.8 Å². The zero-order valence-electron chi connectivity index (χ0n) is 25.0. The number of nitrogens with zero attached hydrogens (tertiary/aromatic N) is 4. The van der Waals surface area contributed by atoms with E-state index in [1.165, 1.54) is 6.34 Å². The summed E-state index contributed by atoms with van der Waals surface area (Å²) in [5.74, 6) is 0.111. The van der Waals surface area contributed by atoms with Crippen LogP contribution in [0.4, 0.5) is 0 Å². The smallest absolute Gasteiger partial charge is 0.335 e. The van der Waals surface area contributed by atoms with Crippen LogP contribution in [0.1, 0.15) is 69.2 Å². The Labute approximate surface area is 235 Å². The molecule has 0 aliphatic carbocycles. The molecule has 220 valence electrons. The lowest BCUT2D eigenvalue weighted by Gasteiger charge is -2.51. The summed E-state index contributed by atoms with van der Waals surface area (Å²) in [7, 11) is -5.63. The number of carbonyl (C=O) groups is 1. The third kappa shape index (κ3) is 5.31. The van der Waals surface area contributed by atoms with Crippen LogP contribution in [0, 0.1) is 5.92 Å². The summed E-state index contributed by atoms with van der Waals surface area (Å²) in [6.45, 7) is 21.3. The quantitative estimate of drug-likeness (QED) is 0.461. The second-order valence-corrected chi connectivity index (χ2v) is 21.5. The van der Waals surface area contributed by atoms with Crippen LogP contribution in [0.5, 0.6) is 0 Å². The summed E-state index contributed by atoms with van der Waals surface area (Å²) in [5.41, 5.74) is 0.705. The van der Waals surface area contributed by atoms with Crippen molar-refractivity contribution in [1.29, 1.82) is 0 Å². The zero-order valence-corrected chi connectivity index (χ0v) is 27.0. The van der Waals surface area contributed by atoms with Crippen molar-refractivity contribution in [3.8, 4) is 0 Å². The van der Waals surface area contributed by atoms with Crippen molar-refractivity contribution in [3.05, 3.63) is 0 Å². The second kappa shape index (κ2) is 11.4. The Morgan fingerprint density at radius 2 is 1.62 bits per heavy atom. The van der Waals surface area contributed by atoms with Crippen LogP contribution in [0.2, 0.25) is 22.2 Å². The third-order valence-electron chi connectivity index (χ3n) is 8.36. The normalized spacial score (nSPS) is 33.5. The Bertz CT molecular complexity index is 987. The molecular weight excluding hydrogens is 534 g/mol. The molecule has 0 bridgehead atoms. The van der Waals surface area contributed by atoms with Gasteiger partial charge in [0.05, 0.1) is 12.9 Å². The van der Waals surface area contributed by atoms with Crippen molar-refractivity contribution in [2.45, 2.75) is 128 Å². The Morgan fingerprint density at radius 1 is 1.00 bits per heavy atom. The molecule has 0 aromatic rings. The number of fused-ring (bicyclic) bond motifs is 2. The highest BCUT2D eigenvalue weighted by molar-refractivity contribution is 6.84. The molecule has 6 atom stereocenters. The maximum absolute atomic E-state index is 12.3. The highest BCUT2D eigenvalue weighted by atomic mass is 28.5. The number of amidine groups is 1. The lowest BCUT2D eigenvalue weighted by Crippen LogP contribution is -2.66. The number of hydrogen-bond donors (Lipinski definition) is 2. The lowest BCUT2D eigenvalue weighted by molar-refractivity contribution is -0.122. The van der Waals surface area contributed by atoms with Gasteiger partial charge in [-0.1, -0.05) is 69.2 Å². The molecule has 2 unspecified atom stereocenters. The number of nitrogens with one attached hydrogen (secondary N) is 1. The SMILES string of the molecule is CC(C)C(=O)NC1=NC=NC2C1N=CN2[C@@H]1O[C@@H]2CO[Si](C(C)C)(C(C)C)O[Si](C(C)C)(C(C)C)O[C@H]2[C@H]1O. The van der Waals surface area contributed by atoms with Crippen LogP contribution in [0.3, 0.4) is 0 Å². The number of aliphatic hydroxyl groups is 1. The minimum absolute atomic E-state index is 0.135. The van der Waals surface area contributed by atoms with Gasteiger partial charge in [-0.2, -0.15) is 0 Å². The molecule has 0 radical (unpaired) electrons. The standard InChI is InChI=1S/C26H47N5O6Si2/c1-14(2)25(33)30-23-20-24(28-12-27-23)31(13-29-20)26-21(32)22-19(35-26)11-34-38(15(3)4,16(5)6)37-39(36-22,17(7)8)18(9)10/h12-22,24,26,32H,11H2,1-10H3,(H,27,28,30,33)/t19-,20?,21-,22-,24?,26-/m1/s1. The van der Waals surface area contributed by atoms with Crippen molar-refractivity contribution in [1.82, 2.24) is 10.2 Å². The molecule has 0 aromatic carbocycles. The third-order valence-corrected chi connectivity index (χ3v) is 18.6. The van der Waals surface area contributed by atoms with Gasteiger partial charge in [0, 0.05) is 5.92 Å². The number of ether oxygens (including phenoxy) is 1. The largest absolute Gasteiger partial charge is 0.414 e. The van der Waals surface area contributed by atoms with Gasteiger partial charge in [-0.25, -0.2) is 9.98 Å². The minimum atomic E-state index is -2.90. The van der Waals surface area contributed by atoms with Crippen LogP contribution in [-0.4, -0.2) is 94.9 Å². The molecule has 2 N–H and O–H groups in total. The zero-order chi connectivity index (χ0) is 28.9. The molecule has 4 aliphatic rings. The highest BCUT2D eigenvalue weighted by Gasteiger charge is 2.62. The average molecular weight is 582 g/mol. The average Bonchev–Trinajstić information content (AvgIpc) is 3.39. The van der Waals surface area contributed by atoms with E-state index in [-0.39, 0.29) is 40.6 Å². The van der Waals surface area contributed by atoms with Crippen LogP contribution >= 0.6 is 0 Å². The molecule has 0 aromatic heterocycles. The van der Waals surface area contributed by atoms with Gasteiger partial charge in [0.1, 0.15) is 30.5 Å². The van der Waals surface area contributed by atoms with Gasteiger partial charge in [0.2, 0.25) is 5.91 Å². The van der Waals surface area contributed by atoms with Gasteiger partial charge in [0.15, 0.2) is 18.4 Å². The Kier molecular flexibility index (Phi) is 8.92. The highest BCUT2D eigenvalue weighted by Crippen LogP contribution is 2.48. The van der Waals surface area contributed by atoms with Crippen LogP contribution in [-0.2, 0) is 22.5 Å². The minimum Gasteiger partial charge on any atom is -0.414 e. The molecule has 0 saturated carbocycles. The molecular formula is C26H47N5O6Si2. The Hall–Kier alpha value is -1.49. The first-order valence-electron chi connectivity index (χ1n) is 14.3. The van der Waals surface area contributed by atoms with E-state index in [1.54, 1.807) is 11.2 Å². The first-order chi connectivity index (χ1) is 18.2. The maximum atomic E-state index is 12.3. The summed E-state index contributed by atoms with van der Waals surface area (Å²) < 4.78 is 27.6. The second-order valence-electron chi connectivity index (χ2n) is 12.6. The van der Waals surface area contributed by atoms with E-state index in [2.05, 4.69) is 75.7 Å². The fraction of sp³-hybridized carbons (Fsp3) is 0.846. The molecule has 13 heteroatoms. The number of aliphatic hydroxyl groups excluding tert-OH is 1. The van der Waals surface area contributed by atoms with Gasteiger partial charge < -0.3 is 33.0 Å². The Morgan fingerprint density at radius 3 is 2.18 bits per heavy atom. The summed E-state index contributed by atoms with van der Waals surface area (Å²) in [6.07, 6.45) is -0.260. The van der Waals surface area contributed by atoms with Crippen LogP contribution in [0.25, 0.3) is 0 Å². The maximum Gasteiger partial charge on any atom is 0.335 e. The van der Waals surface area contributed by atoms with Crippen molar-refractivity contribution in [3.63, 3.8) is 0 Å². The molecule has 4 aliphatic heterocycles. The van der Waals surface area contributed by atoms with E-state index in [4.69, 9.17) is 17.7 Å². The lowest BCUT2D eigenvalue weighted by atomic mass is 10.1. The number of hydrogen-bond acceptors (Lipinski definition) is 10. The fourth-order valence-corrected chi connectivity index (χ4v) is 17.3. The molecule has 4 rings (SSSR count). The van der Waals surface area contributed by atoms with Crippen LogP contribution in [0.15, 0.2) is 15.0 Å². The van der Waals surface area contributed by atoms with Crippen LogP contribution < -0.4 is 5.32 Å². The fourth-order valence-electron chi connectivity index (χ4n) is 6.04. The van der Waals surface area contributed by atoms with Gasteiger partial charge in [-0.15, -0.1) is 0 Å². The Balaban J connectivity index is 1.62. The first-order valence-corrected chi connectivity index (χ1v) is 18.3. The van der Waals surface area contributed by atoms with E-state index in [0.717, 1.165) is 0 Å². The number of carbonyl (C=O) groups excluding carboxylic acids is 1. The molecule has 0 spiro atoms. The molecule has 11 nitrogen and oxygen atoms in total. The summed E-state index contributed by atoms with van der Waals surface area (Å²) in [5, 5.41) is 14.6. The summed E-state index contributed by atoms with van der Waals surface area (Å²) in [6, 6.07) is -0.496. The van der Waals surface area contributed by atoms with E-state index in [0.29, 0.717) is 5.84 Å². The van der Waals surface area contributed by atoms with E-state index >= 15 is 0 Å². The predicted octanol–water partition coefficient (Wildman–Crippen LogP) is 3.28. The number of aliphatic imine (C=N–C) groups is 3. The van der Waals surface area contributed by atoms with Gasteiger partial charge in [-0.3, -0.25) is 9.79 Å². The first kappa shape index (κ1) is 30.5. The number of amides is 1. The van der Waals surface area contributed by atoms with Crippen molar-refractivity contribution < 1.29 is 27.6 Å². The van der Waals surface area contributed by atoms with Gasteiger partial charge >= 0.3 is 17.1 Å². The van der Waals surface area contributed by atoms with Crippen molar-refractivity contribution in [2.75, 3.05) is 6.61 Å². The summed E-state index contributed by atoms with van der Waals surface area (Å²) in [4.78, 5) is 27.5. The van der Waals surface area contributed by atoms with Gasteiger partial charge in [-0.05, 0) is 22.2 Å². The van der Waals surface area contributed by atoms with Crippen molar-refractivity contribution in [2.24, 2.45) is 20.9 Å². The monoisotopic (exact) mass is 581 g/mol. The van der Waals surface area contributed by atoms with E-state index < -0.39 is 53.9 Å². The predicted molar refractivity (Wildman–Crippen MR) is 155 cm³/mol. The molecule has 1 amide bonds. The molecule has 2 saturated heterocycles.